The molecule has 0 spiro atoms. The van der Waals surface area contributed by atoms with E-state index in [1.165, 1.54) is 10.9 Å². The molecule has 2 N–H and O–H groups in total. The summed E-state index contributed by atoms with van der Waals surface area (Å²) in [6.45, 7) is 3.75. The minimum absolute atomic E-state index is 0.266. The standard InChI is InChI=1S/C10H10ClN5S/c1-5-6(2)14-15-10(8(5)9(12)17)16-4-7(11)3-13-16/h3-4H,1-2H3,(H2,12,17). The zero-order valence-electron chi connectivity index (χ0n) is 9.31. The quantitative estimate of drug-likeness (QED) is 0.837. The fourth-order valence-electron chi connectivity index (χ4n) is 1.47. The molecule has 2 aromatic heterocycles. The zero-order chi connectivity index (χ0) is 12.6. The van der Waals surface area contributed by atoms with Gasteiger partial charge in [-0.25, -0.2) is 4.68 Å². The summed E-state index contributed by atoms with van der Waals surface area (Å²) in [5, 5.41) is 12.7. The Morgan fingerprint density at radius 1 is 1.41 bits per heavy atom. The van der Waals surface area contributed by atoms with Crippen LogP contribution in [0.3, 0.4) is 0 Å². The van der Waals surface area contributed by atoms with Gasteiger partial charge in [0, 0.05) is 0 Å². The molecule has 0 saturated carbocycles. The van der Waals surface area contributed by atoms with Gasteiger partial charge in [-0.3, -0.25) is 0 Å². The Bertz CT molecular complexity index is 592. The summed E-state index contributed by atoms with van der Waals surface area (Å²) < 4.78 is 1.51. The van der Waals surface area contributed by atoms with Crippen molar-refractivity contribution in [3.05, 3.63) is 34.2 Å². The minimum Gasteiger partial charge on any atom is -0.389 e. The fraction of sp³-hybridized carbons (Fsp3) is 0.200. The van der Waals surface area contributed by atoms with Gasteiger partial charge in [0.05, 0.1) is 28.7 Å². The first-order chi connectivity index (χ1) is 8.00. The van der Waals surface area contributed by atoms with E-state index in [0.29, 0.717) is 16.4 Å². The van der Waals surface area contributed by atoms with Gasteiger partial charge in [0.15, 0.2) is 5.82 Å². The average Bonchev–Trinajstić information content (AvgIpc) is 2.68. The molecule has 2 heterocycles. The number of hydrogen-bond acceptors (Lipinski definition) is 4. The molecule has 17 heavy (non-hydrogen) atoms. The molecule has 0 unspecified atom stereocenters. The summed E-state index contributed by atoms with van der Waals surface area (Å²) in [6.07, 6.45) is 3.14. The van der Waals surface area contributed by atoms with Crippen molar-refractivity contribution < 1.29 is 0 Å². The van der Waals surface area contributed by atoms with Crippen molar-refractivity contribution >= 4 is 28.8 Å². The van der Waals surface area contributed by atoms with Crippen LogP contribution in [0, 0.1) is 13.8 Å². The monoisotopic (exact) mass is 267 g/mol. The van der Waals surface area contributed by atoms with Gasteiger partial charge in [-0.1, -0.05) is 23.8 Å². The molecule has 0 atom stereocenters. The van der Waals surface area contributed by atoms with Crippen LogP contribution >= 0.6 is 23.8 Å². The predicted octanol–water partition coefficient (Wildman–Crippen LogP) is 1.57. The van der Waals surface area contributed by atoms with Crippen molar-refractivity contribution in [1.82, 2.24) is 20.0 Å². The third kappa shape index (κ3) is 2.13. The summed E-state index contributed by atoms with van der Waals surface area (Å²) >= 11 is 10.9. The second kappa shape index (κ2) is 4.38. The summed E-state index contributed by atoms with van der Waals surface area (Å²) in [5.41, 5.74) is 8.08. The number of rotatable bonds is 2. The Labute approximate surface area is 109 Å². The molecule has 0 radical (unpaired) electrons. The van der Waals surface area contributed by atoms with E-state index >= 15 is 0 Å². The molecule has 0 aliphatic rings. The predicted molar refractivity (Wildman–Crippen MR) is 69.5 cm³/mol. The number of nitrogens with zero attached hydrogens (tertiary/aromatic N) is 4. The van der Waals surface area contributed by atoms with Crippen molar-refractivity contribution in [2.45, 2.75) is 13.8 Å². The highest BCUT2D eigenvalue weighted by molar-refractivity contribution is 7.80. The molecule has 88 valence electrons. The SMILES string of the molecule is Cc1nnc(-n2cc(Cl)cn2)c(C(N)=S)c1C. The zero-order valence-corrected chi connectivity index (χ0v) is 10.9. The van der Waals surface area contributed by atoms with Crippen molar-refractivity contribution in [2.24, 2.45) is 5.73 Å². The van der Waals surface area contributed by atoms with Crippen LogP contribution in [0.4, 0.5) is 0 Å². The van der Waals surface area contributed by atoms with Crippen LogP contribution in [0.5, 0.6) is 0 Å². The van der Waals surface area contributed by atoms with Crippen LogP contribution in [-0.2, 0) is 0 Å². The lowest BCUT2D eigenvalue weighted by Gasteiger charge is -2.10. The highest BCUT2D eigenvalue weighted by Crippen LogP contribution is 2.18. The highest BCUT2D eigenvalue weighted by Gasteiger charge is 2.15. The summed E-state index contributed by atoms with van der Waals surface area (Å²) in [5.74, 6) is 0.493. The Hall–Kier alpha value is -1.53. The molecule has 0 saturated heterocycles. The van der Waals surface area contributed by atoms with Gasteiger partial charge in [0.2, 0.25) is 0 Å². The first kappa shape index (κ1) is 11.9. The van der Waals surface area contributed by atoms with Gasteiger partial charge in [0.1, 0.15) is 4.99 Å². The van der Waals surface area contributed by atoms with Crippen molar-refractivity contribution in [3.63, 3.8) is 0 Å². The van der Waals surface area contributed by atoms with Crippen molar-refractivity contribution in [2.75, 3.05) is 0 Å². The van der Waals surface area contributed by atoms with E-state index in [1.54, 1.807) is 6.20 Å². The molecule has 0 amide bonds. The second-order valence-corrected chi connectivity index (χ2v) is 4.45. The van der Waals surface area contributed by atoms with Crippen LogP contribution in [-0.4, -0.2) is 25.0 Å². The lowest BCUT2D eigenvalue weighted by atomic mass is 10.1. The largest absolute Gasteiger partial charge is 0.389 e. The smallest absolute Gasteiger partial charge is 0.186 e. The Morgan fingerprint density at radius 3 is 2.65 bits per heavy atom. The first-order valence-electron chi connectivity index (χ1n) is 4.85. The Balaban J connectivity index is 2.70. The maximum Gasteiger partial charge on any atom is 0.186 e. The first-order valence-corrected chi connectivity index (χ1v) is 5.63. The van der Waals surface area contributed by atoms with Crippen molar-refractivity contribution in [1.29, 1.82) is 0 Å². The summed E-state index contributed by atoms with van der Waals surface area (Å²) in [7, 11) is 0. The Morgan fingerprint density at radius 2 is 2.12 bits per heavy atom. The number of nitrogens with two attached hydrogens (primary N) is 1. The lowest BCUT2D eigenvalue weighted by Crippen LogP contribution is -2.18. The molecule has 7 heteroatoms. The van der Waals surface area contributed by atoms with Crippen LogP contribution in [0.15, 0.2) is 12.4 Å². The van der Waals surface area contributed by atoms with E-state index in [0.717, 1.165) is 11.3 Å². The number of thiocarbonyl (C=S) groups is 1. The molecule has 2 rings (SSSR count). The fourth-order valence-corrected chi connectivity index (χ4v) is 1.85. The van der Waals surface area contributed by atoms with Crippen LogP contribution in [0.1, 0.15) is 16.8 Å². The van der Waals surface area contributed by atoms with Gasteiger partial charge in [-0.15, -0.1) is 5.10 Å². The number of aromatic nitrogens is 4. The maximum absolute atomic E-state index is 5.82. The average molecular weight is 268 g/mol. The molecular formula is C10H10ClN5S. The lowest BCUT2D eigenvalue weighted by molar-refractivity contribution is 0.798. The third-order valence-electron chi connectivity index (χ3n) is 2.45. The molecular weight excluding hydrogens is 258 g/mol. The van der Waals surface area contributed by atoms with Crippen LogP contribution in [0.25, 0.3) is 5.82 Å². The topological polar surface area (TPSA) is 69.6 Å². The minimum atomic E-state index is 0.266. The number of aryl methyl sites for hydroxylation is 1. The van der Waals surface area contributed by atoms with Gasteiger partial charge in [0.25, 0.3) is 0 Å². The molecule has 0 bridgehead atoms. The van der Waals surface area contributed by atoms with Crippen LogP contribution in [0.2, 0.25) is 5.02 Å². The van der Waals surface area contributed by atoms with Crippen LogP contribution < -0.4 is 5.73 Å². The molecule has 0 aliphatic heterocycles. The Kier molecular flexibility index (Phi) is 3.08. The van der Waals surface area contributed by atoms with E-state index in [1.807, 2.05) is 13.8 Å². The molecule has 5 nitrogen and oxygen atoms in total. The number of hydrogen-bond donors (Lipinski definition) is 1. The molecule has 2 aromatic rings. The van der Waals surface area contributed by atoms with Gasteiger partial charge >= 0.3 is 0 Å². The van der Waals surface area contributed by atoms with E-state index in [2.05, 4.69) is 15.3 Å². The normalized spacial score (nSPS) is 10.5. The highest BCUT2D eigenvalue weighted by atomic mass is 35.5. The van der Waals surface area contributed by atoms with Crippen molar-refractivity contribution in [3.8, 4) is 5.82 Å². The third-order valence-corrected chi connectivity index (χ3v) is 2.85. The number of halogens is 1. The van der Waals surface area contributed by atoms with Gasteiger partial charge in [-0.05, 0) is 19.4 Å². The van der Waals surface area contributed by atoms with E-state index in [4.69, 9.17) is 29.6 Å². The van der Waals surface area contributed by atoms with E-state index < -0.39 is 0 Å². The van der Waals surface area contributed by atoms with E-state index in [-0.39, 0.29) is 4.99 Å². The maximum atomic E-state index is 5.82. The van der Waals surface area contributed by atoms with E-state index in [9.17, 15) is 0 Å². The second-order valence-electron chi connectivity index (χ2n) is 3.58. The molecule has 0 fully saturated rings. The summed E-state index contributed by atoms with van der Waals surface area (Å²) in [4.78, 5) is 0.266. The molecule has 0 aliphatic carbocycles. The molecule has 0 aromatic carbocycles. The van der Waals surface area contributed by atoms with Gasteiger partial charge < -0.3 is 5.73 Å². The van der Waals surface area contributed by atoms with Gasteiger partial charge in [-0.2, -0.15) is 10.2 Å². The summed E-state index contributed by atoms with van der Waals surface area (Å²) in [6, 6.07) is 0.